The molecule has 36 heavy (non-hydrogen) atoms. The van der Waals surface area contributed by atoms with Crippen molar-refractivity contribution in [1.29, 1.82) is 0 Å². The van der Waals surface area contributed by atoms with Gasteiger partial charge in [0.15, 0.2) is 5.69 Å². The van der Waals surface area contributed by atoms with Gasteiger partial charge in [-0.3, -0.25) is 4.98 Å². The summed E-state index contributed by atoms with van der Waals surface area (Å²) in [5.74, 6) is -1.27. The predicted molar refractivity (Wildman–Crippen MR) is 128 cm³/mol. The van der Waals surface area contributed by atoms with Crippen LogP contribution in [0.2, 0.25) is 5.15 Å². The number of hydrogen-bond donors (Lipinski definition) is 2. The van der Waals surface area contributed by atoms with E-state index in [1.165, 1.54) is 24.3 Å². The standard InChI is InChI=1S/C25H19ClF4N4O2/c1-11-7-14(12(2)32-17-5-6-20(26)34-22(17)25(35)36)16-9-15(21(24(29)30)33-19(16)8-11)13-3-4-18(23(27)28)31-10-13/h3-10,12,23-24,32H,1-2H3,(H,35,36)/t12-/m1/s1. The molecular weight excluding hydrogens is 500 g/mol. The number of alkyl halides is 4. The van der Waals surface area contributed by atoms with Crippen LogP contribution in [0.1, 0.15) is 58.8 Å². The first-order chi connectivity index (χ1) is 17.0. The fraction of sp³-hybridized carbons (Fsp3) is 0.200. The van der Waals surface area contributed by atoms with Gasteiger partial charge < -0.3 is 10.4 Å². The summed E-state index contributed by atoms with van der Waals surface area (Å²) in [7, 11) is 0. The van der Waals surface area contributed by atoms with Crippen LogP contribution in [0.3, 0.4) is 0 Å². The molecule has 1 aromatic carbocycles. The Morgan fingerprint density at radius 2 is 1.78 bits per heavy atom. The van der Waals surface area contributed by atoms with Crippen molar-refractivity contribution < 1.29 is 27.5 Å². The lowest BCUT2D eigenvalue weighted by Crippen LogP contribution is -2.13. The zero-order chi connectivity index (χ0) is 26.1. The summed E-state index contributed by atoms with van der Waals surface area (Å²) >= 11 is 5.84. The van der Waals surface area contributed by atoms with Crippen LogP contribution >= 0.6 is 11.6 Å². The second-order valence-corrected chi connectivity index (χ2v) is 8.50. The zero-order valence-electron chi connectivity index (χ0n) is 18.9. The molecule has 11 heteroatoms. The molecule has 6 nitrogen and oxygen atoms in total. The van der Waals surface area contributed by atoms with E-state index in [4.69, 9.17) is 11.6 Å². The zero-order valence-corrected chi connectivity index (χ0v) is 19.7. The van der Waals surface area contributed by atoms with E-state index in [1.807, 2.05) is 6.07 Å². The van der Waals surface area contributed by atoms with E-state index in [0.717, 1.165) is 17.8 Å². The number of halogens is 5. The molecule has 2 N–H and O–H groups in total. The fourth-order valence-corrected chi connectivity index (χ4v) is 4.09. The Labute approximate surface area is 208 Å². The number of pyridine rings is 3. The van der Waals surface area contributed by atoms with Crippen LogP contribution in [0.4, 0.5) is 23.2 Å². The number of carbonyl (C=O) groups is 1. The number of carboxylic acid groups (broad SMARTS) is 1. The average Bonchev–Trinajstić information content (AvgIpc) is 2.83. The summed E-state index contributed by atoms with van der Waals surface area (Å²) in [5.41, 5.74) is 0.975. The molecule has 1 atom stereocenters. The van der Waals surface area contributed by atoms with Crippen molar-refractivity contribution in [2.75, 3.05) is 5.32 Å². The Hall–Kier alpha value is -3.79. The van der Waals surface area contributed by atoms with Crippen molar-refractivity contribution in [3.05, 3.63) is 82.0 Å². The number of nitrogens with zero attached hydrogens (tertiary/aromatic N) is 3. The van der Waals surface area contributed by atoms with Gasteiger partial charge in [0.2, 0.25) is 0 Å². The van der Waals surface area contributed by atoms with E-state index in [0.29, 0.717) is 16.5 Å². The van der Waals surface area contributed by atoms with Crippen molar-refractivity contribution in [3.8, 4) is 11.1 Å². The minimum Gasteiger partial charge on any atom is -0.476 e. The molecule has 0 aliphatic rings. The maximum Gasteiger partial charge on any atom is 0.356 e. The third kappa shape index (κ3) is 5.08. The van der Waals surface area contributed by atoms with E-state index in [-0.39, 0.29) is 27.7 Å². The quantitative estimate of drug-likeness (QED) is 0.196. The number of benzene rings is 1. The molecular formula is C25H19ClF4N4O2. The van der Waals surface area contributed by atoms with Crippen LogP contribution in [0.15, 0.2) is 48.7 Å². The molecule has 3 aromatic heterocycles. The first-order valence-electron chi connectivity index (χ1n) is 10.7. The lowest BCUT2D eigenvalue weighted by atomic mass is 9.95. The second-order valence-electron chi connectivity index (χ2n) is 8.12. The predicted octanol–water partition coefficient (Wildman–Crippen LogP) is 7.40. The molecule has 4 rings (SSSR count). The highest BCUT2D eigenvalue weighted by Crippen LogP contribution is 2.36. The molecule has 0 amide bonds. The van der Waals surface area contributed by atoms with E-state index >= 15 is 0 Å². The van der Waals surface area contributed by atoms with Crippen LogP contribution < -0.4 is 5.32 Å². The molecule has 0 radical (unpaired) electrons. The van der Waals surface area contributed by atoms with Gasteiger partial charge in [-0.1, -0.05) is 23.7 Å². The SMILES string of the molecule is Cc1cc([C@@H](C)Nc2ccc(Cl)nc2C(=O)O)c2cc(-c3ccc(C(F)F)nc3)c(C(F)F)nc2c1. The van der Waals surface area contributed by atoms with Crippen molar-refractivity contribution in [1.82, 2.24) is 15.0 Å². The van der Waals surface area contributed by atoms with E-state index < -0.39 is 36.2 Å². The number of aryl methyl sites for hydroxylation is 1. The van der Waals surface area contributed by atoms with E-state index in [2.05, 4.69) is 20.3 Å². The molecule has 0 bridgehead atoms. The van der Waals surface area contributed by atoms with Crippen molar-refractivity contribution in [2.45, 2.75) is 32.7 Å². The van der Waals surface area contributed by atoms with Crippen LogP contribution in [0.25, 0.3) is 22.0 Å². The third-order valence-electron chi connectivity index (χ3n) is 5.57. The lowest BCUT2D eigenvalue weighted by Gasteiger charge is -2.20. The number of anilines is 1. The average molecular weight is 519 g/mol. The Morgan fingerprint density at radius 3 is 2.39 bits per heavy atom. The highest BCUT2D eigenvalue weighted by molar-refractivity contribution is 6.29. The Bertz CT molecular complexity index is 1450. The highest BCUT2D eigenvalue weighted by Gasteiger charge is 2.22. The smallest absolute Gasteiger partial charge is 0.356 e. The van der Waals surface area contributed by atoms with Gasteiger partial charge in [0.25, 0.3) is 12.9 Å². The first-order valence-corrected chi connectivity index (χ1v) is 11.1. The third-order valence-corrected chi connectivity index (χ3v) is 5.78. The van der Waals surface area contributed by atoms with E-state index in [9.17, 15) is 27.5 Å². The number of fused-ring (bicyclic) bond motifs is 1. The number of aromatic carboxylic acids is 1. The minimum absolute atomic E-state index is 0.0199. The van der Waals surface area contributed by atoms with Gasteiger partial charge in [-0.2, -0.15) is 0 Å². The normalized spacial score (nSPS) is 12.4. The monoisotopic (exact) mass is 518 g/mol. The van der Waals surface area contributed by atoms with E-state index in [1.54, 1.807) is 19.9 Å². The van der Waals surface area contributed by atoms with Gasteiger partial charge in [-0.25, -0.2) is 32.3 Å². The lowest BCUT2D eigenvalue weighted by molar-refractivity contribution is 0.0691. The van der Waals surface area contributed by atoms with Gasteiger partial charge in [-0.15, -0.1) is 0 Å². The number of nitrogens with one attached hydrogen (secondary N) is 1. The van der Waals surface area contributed by atoms with Crippen molar-refractivity contribution in [3.63, 3.8) is 0 Å². The Balaban J connectivity index is 1.85. The molecule has 0 fully saturated rings. The molecule has 0 aliphatic carbocycles. The Kier molecular flexibility index (Phi) is 7.07. The summed E-state index contributed by atoms with van der Waals surface area (Å²) in [6.07, 6.45) is -4.59. The summed E-state index contributed by atoms with van der Waals surface area (Å²) in [5, 5.41) is 13.1. The van der Waals surface area contributed by atoms with Crippen LogP contribution in [0.5, 0.6) is 0 Å². The maximum atomic E-state index is 14.0. The van der Waals surface area contributed by atoms with Gasteiger partial charge in [0.1, 0.15) is 16.5 Å². The number of aromatic nitrogens is 3. The fourth-order valence-electron chi connectivity index (χ4n) is 3.94. The minimum atomic E-state index is -2.92. The molecule has 0 spiro atoms. The molecule has 0 saturated carbocycles. The van der Waals surface area contributed by atoms with Crippen molar-refractivity contribution >= 4 is 34.2 Å². The number of hydrogen-bond acceptors (Lipinski definition) is 5. The molecule has 0 unspecified atom stereocenters. The second kappa shape index (κ2) is 10.1. The summed E-state index contributed by atoms with van der Waals surface area (Å²) < 4.78 is 53.8. The molecule has 0 aliphatic heterocycles. The number of carboxylic acids is 1. The largest absolute Gasteiger partial charge is 0.476 e. The highest BCUT2D eigenvalue weighted by atomic mass is 35.5. The molecule has 186 valence electrons. The van der Waals surface area contributed by atoms with Gasteiger partial charge in [0, 0.05) is 28.8 Å². The topological polar surface area (TPSA) is 88.0 Å². The summed E-state index contributed by atoms with van der Waals surface area (Å²) in [6.45, 7) is 3.56. The van der Waals surface area contributed by atoms with Crippen LogP contribution in [-0.2, 0) is 0 Å². The number of rotatable bonds is 7. The summed E-state index contributed by atoms with van der Waals surface area (Å²) in [6, 6.07) is 9.83. The van der Waals surface area contributed by atoms with Gasteiger partial charge in [-0.05, 0) is 55.3 Å². The molecule has 4 aromatic rings. The molecule has 3 heterocycles. The Morgan fingerprint density at radius 1 is 1.03 bits per heavy atom. The maximum absolute atomic E-state index is 14.0. The van der Waals surface area contributed by atoms with Gasteiger partial charge >= 0.3 is 5.97 Å². The van der Waals surface area contributed by atoms with Gasteiger partial charge in [0.05, 0.1) is 11.2 Å². The van der Waals surface area contributed by atoms with Crippen molar-refractivity contribution in [2.24, 2.45) is 0 Å². The van der Waals surface area contributed by atoms with Crippen LogP contribution in [0, 0.1) is 6.92 Å². The van der Waals surface area contributed by atoms with Crippen LogP contribution in [-0.4, -0.2) is 26.0 Å². The summed E-state index contributed by atoms with van der Waals surface area (Å²) in [4.78, 5) is 23.4. The first kappa shape index (κ1) is 25.3. The molecule has 0 saturated heterocycles.